The number of aryl methyl sites for hydroxylation is 2. The van der Waals surface area contributed by atoms with Gasteiger partial charge in [0.2, 0.25) is 5.96 Å². The largest absolute Gasteiger partial charge is 0.369 e. The Morgan fingerprint density at radius 2 is 1.46 bits per heavy atom. The Morgan fingerprint density at radius 3 is 2.04 bits per heavy atom. The summed E-state index contributed by atoms with van der Waals surface area (Å²) >= 11 is 1.56. The molecular weight excluding hydrogens is 366 g/mol. The number of benzene rings is 2. The summed E-state index contributed by atoms with van der Waals surface area (Å²) in [4.78, 5) is 5.61. The lowest BCUT2D eigenvalue weighted by atomic mass is 10.1. The van der Waals surface area contributed by atoms with Crippen molar-refractivity contribution in [3.05, 3.63) is 75.8 Å². The second kappa shape index (κ2) is 8.51. The van der Waals surface area contributed by atoms with Gasteiger partial charge in [0, 0.05) is 16.7 Å². The summed E-state index contributed by atoms with van der Waals surface area (Å²) in [7, 11) is 0. The summed E-state index contributed by atoms with van der Waals surface area (Å²) in [6.07, 6.45) is 0. The van der Waals surface area contributed by atoms with Crippen LogP contribution in [0.2, 0.25) is 0 Å². The third-order valence-corrected chi connectivity index (χ3v) is 5.29. The minimum Gasteiger partial charge on any atom is -0.369 e. The van der Waals surface area contributed by atoms with Crippen LogP contribution >= 0.6 is 11.3 Å². The fraction of sp³-hybridized carbons (Fsp3) is 0.136. The van der Waals surface area contributed by atoms with Crippen molar-refractivity contribution in [1.82, 2.24) is 4.98 Å². The molecule has 0 saturated carbocycles. The third kappa shape index (κ3) is 4.84. The standard InChI is InChI=1S/C22H21N5S/c1-14-4-6-17(7-5-14)8-9-18-10-12-19(13-11-18)21-25-15(2)20(28-21)16(3)26-27-22(23)24/h4-7,10-13H,1-3H3,(H4,23,24,27)/b26-16+. The highest BCUT2D eigenvalue weighted by atomic mass is 32.1. The van der Waals surface area contributed by atoms with Crippen molar-refractivity contribution >= 4 is 23.0 Å². The van der Waals surface area contributed by atoms with Gasteiger partial charge in [0.15, 0.2) is 0 Å². The van der Waals surface area contributed by atoms with Crippen molar-refractivity contribution in [2.24, 2.45) is 21.7 Å². The molecule has 1 heterocycles. The Labute approximate surface area is 168 Å². The van der Waals surface area contributed by atoms with Crippen LogP contribution in [0, 0.1) is 25.7 Å². The Bertz CT molecular complexity index is 1090. The van der Waals surface area contributed by atoms with E-state index >= 15 is 0 Å². The minimum absolute atomic E-state index is 0.0657. The molecule has 0 unspecified atom stereocenters. The molecule has 140 valence electrons. The van der Waals surface area contributed by atoms with Crippen LogP contribution in [0.5, 0.6) is 0 Å². The van der Waals surface area contributed by atoms with Crippen molar-refractivity contribution in [1.29, 1.82) is 0 Å². The Morgan fingerprint density at radius 1 is 0.893 bits per heavy atom. The molecule has 5 nitrogen and oxygen atoms in total. The molecular formula is C22H21N5S. The molecule has 2 aromatic carbocycles. The van der Waals surface area contributed by atoms with Gasteiger partial charge in [-0.15, -0.1) is 16.4 Å². The highest BCUT2D eigenvalue weighted by Gasteiger charge is 2.12. The molecule has 0 amide bonds. The SMILES string of the molecule is C/C(=N\N=C(N)N)c1sc(-c2ccc(C#Cc3ccc(C)cc3)cc2)nc1C. The lowest BCUT2D eigenvalue weighted by Gasteiger charge is -1.97. The molecule has 6 heteroatoms. The normalized spacial score (nSPS) is 10.9. The second-order valence-electron chi connectivity index (χ2n) is 6.34. The molecule has 0 aliphatic carbocycles. The molecule has 4 N–H and O–H groups in total. The van der Waals surface area contributed by atoms with Gasteiger partial charge in [-0.05, 0) is 45.0 Å². The Kier molecular flexibility index (Phi) is 5.87. The first-order chi connectivity index (χ1) is 13.4. The van der Waals surface area contributed by atoms with Gasteiger partial charge >= 0.3 is 0 Å². The maximum Gasteiger partial charge on any atom is 0.211 e. The van der Waals surface area contributed by atoms with E-state index in [1.54, 1.807) is 11.3 Å². The van der Waals surface area contributed by atoms with Crippen molar-refractivity contribution < 1.29 is 0 Å². The first kappa shape index (κ1) is 19.3. The number of hydrogen-bond donors (Lipinski definition) is 2. The molecule has 28 heavy (non-hydrogen) atoms. The van der Waals surface area contributed by atoms with Crippen LogP contribution in [0.4, 0.5) is 0 Å². The van der Waals surface area contributed by atoms with Crippen molar-refractivity contribution in [2.45, 2.75) is 20.8 Å². The Balaban J connectivity index is 1.81. The topological polar surface area (TPSA) is 89.6 Å². The van der Waals surface area contributed by atoms with Gasteiger partial charge in [-0.3, -0.25) is 0 Å². The van der Waals surface area contributed by atoms with E-state index in [2.05, 4.69) is 46.1 Å². The molecule has 0 atom stereocenters. The lowest BCUT2D eigenvalue weighted by molar-refractivity contribution is 1.19. The molecule has 3 rings (SSSR count). The zero-order chi connectivity index (χ0) is 20.1. The van der Waals surface area contributed by atoms with E-state index in [9.17, 15) is 0 Å². The van der Waals surface area contributed by atoms with Crippen molar-refractivity contribution in [2.75, 3.05) is 0 Å². The van der Waals surface area contributed by atoms with Crippen LogP contribution in [0.25, 0.3) is 10.6 Å². The van der Waals surface area contributed by atoms with E-state index in [-0.39, 0.29) is 5.96 Å². The number of nitrogens with zero attached hydrogens (tertiary/aromatic N) is 3. The molecule has 0 spiro atoms. The maximum absolute atomic E-state index is 5.33. The highest BCUT2D eigenvalue weighted by Crippen LogP contribution is 2.28. The van der Waals surface area contributed by atoms with Gasteiger partial charge in [-0.1, -0.05) is 41.7 Å². The summed E-state index contributed by atoms with van der Waals surface area (Å²) in [6.45, 7) is 5.88. The van der Waals surface area contributed by atoms with Crippen molar-refractivity contribution in [3.63, 3.8) is 0 Å². The van der Waals surface area contributed by atoms with Gasteiger partial charge in [0.25, 0.3) is 0 Å². The lowest BCUT2D eigenvalue weighted by Crippen LogP contribution is -2.22. The minimum atomic E-state index is -0.0657. The second-order valence-corrected chi connectivity index (χ2v) is 7.34. The summed E-state index contributed by atoms with van der Waals surface area (Å²) in [5.74, 6) is 6.32. The Hall–Kier alpha value is -3.43. The molecule has 0 aliphatic heterocycles. The average molecular weight is 388 g/mol. The zero-order valence-electron chi connectivity index (χ0n) is 16.0. The van der Waals surface area contributed by atoms with Crippen LogP contribution in [0.1, 0.15) is 34.2 Å². The average Bonchev–Trinajstić information content (AvgIpc) is 3.08. The van der Waals surface area contributed by atoms with E-state index in [0.29, 0.717) is 0 Å². The van der Waals surface area contributed by atoms with Gasteiger partial charge in [0.1, 0.15) is 5.01 Å². The fourth-order valence-corrected chi connectivity index (χ4v) is 3.52. The molecule has 1 aromatic heterocycles. The van der Waals surface area contributed by atoms with Crippen LogP contribution in [0.15, 0.2) is 58.7 Å². The van der Waals surface area contributed by atoms with Crippen LogP contribution < -0.4 is 11.5 Å². The van der Waals surface area contributed by atoms with Crippen LogP contribution in [0.3, 0.4) is 0 Å². The summed E-state index contributed by atoms with van der Waals surface area (Å²) in [6, 6.07) is 16.3. The molecule has 0 radical (unpaired) electrons. The quantitative estimate of drug-likeness (QED) is 0.310. The van der Waals surface area contributed by atoms with E-state index in [4.69, 9.17) is 11.5 Å². The molecule has 0 fully saturated rings. The number of aromatic nitrogens is 1. The summed E-state index contributed by atoms with van der Waals surface area (Å²) < 4.78 is 0. The summed E-state index contributed by atoms with van der Waals surface area (Å²) in [5.41, 5.74) is 16.5. The number of thiazole rings is 1. The molecule has 3 aromatic rings. The maximum atomic E-state index is 5.33. The number of rotatable bonds is 3. The van der Waals surface area contributed by atoms with E-state index in [0.717, 1.165) is 38.0 Å². The van der Waals surface area contributed by atoms with Crippen LogP contribution in [-0.4, -0.2) is 16.7 Å². The highest BCUT2D eigenvalue weighted by molar-refractivity contribution is 7.17. The van der Waals surface area contributed by atoms with Gasteiger partial charge in [-0.25, -0.2) is 4.98 Å². The number of guanidine groups is 1. The fourth-order valence-electron chi connectivity index (χ4n) is 2.51. The van der Waals surface area contributed by atoms with Crippen molar-refractivity contribution in [3.8, 4) is 22.4 Å². The first-order valence-electron chi connectivity index (χ1n) is 8.72. The predicted octanol–water partition coefficient (Wildman–Crippen LogP) is 3.82. The predicted molar refractivity (Wildman–Crippen MR) is 117 cm³/mol. The van der Waals surface area contributed by atoms with E-state index in [1.807, 2.05) is 50.2 Å². The zero-order valence-corrected chi connectivity index (χ0v) is 16.8. The summed E-state index contributed by atoms with van der Waals surface area (Å²) in [5, 5.41) is 8.67. The van der Waals surface area contributed by atoms with Gasteiger partial charge < -0.3 is 11.5 Å². The smallest absolute Gasteiger partial charge is 0.211 e. The third-order valence-electron chi connectivity index (χ3n) is 3.98. The molecule has 0 saturated heterocycles. The van der Waals surface area contributed by atoms with Crippen LogP contribution in [-0.2, 0) is 0 Å². The van der Waals surface area contributed by atoms with E-state index < -0.39 is 0 Å². The van der Waals surface area contributed by atoms with E-state index in [1.165, 1.54) is 5.56 Å². The first-order valence-corrected chi connectivity index (χ1v) is 9.54. The molecule has 0 aliphatic rings. The number of hydrogen-bond acceptors (Lipinski definition) is 4. The molecule has 0 bridgehead atoms. The number of nitrogens with two attached hydrogens (primary N) is 2. The van der Waals surface area contributed by atoms with Gasteiger partial charge in [-0.2, -0.15) is 5.10 Å². The monoisotopic (exact) mass is 387 g/mol. The van der Waals surface area contributed by atoms with Gasteiger partial charge in [0.05, 0.1) is 16.3 Å².